The molecule has 1 aliphatic heterocycles. The molecule has 1 aliphatic rings. The quantitative estimate of drug-likeness (QED) is 0.811. The van der Waals surface area contributed by atoms with Gasteiger partial charge in [-0.15, -0.1) is 0 Å². The third kappa shape index (κ3) is 2.25. The van der Waals surface area contributed by atoms with E-state index in [1.54, 1.807) is 12.1 Å². The van der Waals surface area contributed by atoms with Crippen molar-refractivity contribution in [1.82, 2.24) is 0 Å². The van der Waals surface area contributed by atoms with E-state index in [2.05, 4.69) is 5.10 Å². The monoisotopic (exact) mass is 254 g/mol. The smallest absolute Gasteiger partial charge is 0.253 e. The number of nitrogens with zero attached hydrogens (tertiary/aromatic N) is 2. The Labute approximate surface area is 110 Å². The molecule has 0 aliphatic carbocycles. The molecule has 0 radical (unpaired) electrons. The normalized spacial score (nSPS) is 14.7. The van der Waals surface area contributed by atoms with E-state index in [9.17, 15) is 9.18 Å². The molecule has 0 aromatic heterocycles. The van der Waals surface area contributed by atoms with Gasteiger partial charge < -0.3 is 0 Å². The lowest BCUT2D eigenvalue weighted by atomic mass is 10.1. The first-order valence-corrected chi connectivity index (χ1v) is 5.95. The van der Waals surface area contributed by atoms with Crippen LogP contribution in [0.15, 0.2) is 59.7 Å². The minimum atomic E-state index is -0.331. The maximum absolute atomic E-state index is 12.9. The summed E-state index contributed by atoms with van der Waals surface area (Å²) in [4.78, 5) is 12.0. The highest BCUT2D eigenvalue weighted by atomic mass is 19.1. The van der Waals surface area contributed by atoms with Crippen LogP contribution in [0.3, 0.4) is 0 Å². The summed E-state index contributed by atoms with van der Waals surface area (Å²) >= 11 is 0. The summed E-state index contributed by atoms with van der Waals surface area (Å²) in [6, 6.07) is 15.3. The van der Waals surface area contributed by atoms with Gasteiger partial charge in [0.05, 0.1) is 17.8 Å². The minimum Gasteiger partial charge on any atom is -0.272 e. The van der Waals surface area contributed by atoms with Crippen LogP contribution < -0.4 is 5.01 Å². The van der Waals surface area contributed by atoms with Crippen LogP contribution in [0.25, 0.3) is 0 Å². The van der Waals surface area contributed by atoms with Gasteiger partial charge in [-0.3, -0.25) is 4.79 Å². The van der Waals surface area contributed by atoms with Gasteiger partial charge >= 0.3 is 0 Å². The van der Waals surface area contributed by atoms with E-state index in [0.29, 0.717) is 5.69 Å². The summed E-state index contributed by atoms with van der Waals surface area (Å²) in [5.74, 6) is -0.437. The molecule has 4 heteroatoms. The van der Waals surface area contributed by atoms with Gasteiger partial charge in [-0.1, -0.05) is 30.3 Å². The predicted molar refractivity (Wildman–Crippen MR) is 71.5 cm³/mol. The standard InChI is InChI=1S/C15H11FN2O/c16-12-6-8-13(9-7-12)18-15(19)10-14(17-18)11-4-2-1-3-5-11/h1-9H,10H2. The van der Waals surface area contributed by atoms with Crippen molar-refractivity contribution in [3.63, 3.8) is 0 Å². The number of amides is 1. The molecule has 0 fully saturated rings. The number of rotatable bonds is 2. The zero-order chi connectivity index (χ0) is 13.2. The lowest BCUT2D eigenvalue weighted by molar-refractivity contribution is -0.116. The molecule has 0 N–H and O–H groups in total. The molecule has 0 atom stereocenters. The van der Waals surface area contributed by atoms with E-state index in [1.807, 2.05) is 30.3 Å². The highest BCUT2D eigenvalue weighted by Crippen LogP contribution is 2.22. The second kappa shape index (κ2) is 4.65. The number of carbonyl (C=O) groups is 1. The molecule has 19 heavy (non-hydrogen) atoms. The largest absolute Gasteiger partial charge is 0.272 e. The van der Waals surface area contributed by atoms with E-state index >= 15 is 0 Å². The van der Waals surface area contributed by atoms with Crippen molar-refractivity contribution in [2.45, 2.75) is 6.42 Å². The van der Waals surface area contributed by atoms with Crippen molar-refractivity contribution < 1.29 is 9.18 Å². The maximum atomic E-state index is 12.9. The minimum absolute atomic E-state index is 0.106. The van der Waals surface area contributed by atoms with Crippen LogP contribution in [0.4, 0.5) is 10.1 Å². The fraction of sp³-hybridized carbons (Fsp3) is 0.0667. The number of halogens is 1. The van der Waals surface area contributed by atoms with Crippen LogP contribution in [-0.2, 0) is 4.79 Å². The first kappa shape index (κ1) is 11.6. The second-order valence-corrected chi connectivity index (χ2v) is 4.27. The number of carbonyl (C=O) groups excluding carboxylic acids is 1. The Morgan fingerprint density at radius 1 is 1.00 bits per heavy atom. The summed E-state index contributed by atoms with van der Waals surface area (Å²) in [6.07, 6.45) is 0.265. The molecule has 1 amide bonds. The highest BCUT2D eigenvalue weighted by molar-refractivity contribution is 6.19. The summed E-state index contributed by atoms with van der Waals surface area (Å²) < 4.78 is 12.9. The average Bonchev–Trinajstić information content (AvgIpc) is 2.83. The highest BCUT2D eigenvalue weighted by Gasteiger charge is 2.25. The maximum Gasteiger partial charge on any atom is 0.253 e. The van der Waals surface area contributed by atoms with Crippen molar-refractivity contribution >= 4 is 17.3 Å². The van der Waals surface area contributed by atoms with Crippen molar-refractivity contribution in [2.24, 2.45) is 5.10 Å². The third-order valence-electron chi connectivity index (χ3n) is 2.95. The Kier molecular flexibility index (Phi) is 2.83. The Balaban J connectivity index is 1.93. The molecule has 3 rings (SSSR count). The van der Waals surface area contributed by atoms with Crippen LogP contribution in [-0.4, -0.2) is 11.6 Å². The molecule has 0 saturated heterocycles. The van der Waals surface area contributed by atoms with Gasteiger partial charge in [-0.05, 0) is 29.8 Å². The van der Waals surface area contributed by atoms with Gasteiger partial charge in [-0.25, -0.2) is 9.40 Å². The summed E-state index contributed by atoms with van der Waals surface area (Å²) in [5.41, 5.74) is 2.24. The summed E-state index contributed by atoms with van der Waals surface area (Å²) in [6.45, 7) is 0. The van der Waals surface area contributed by atoms with E-state index in [4.69, 9.17) is 0 Å². The zero-order valence-corrected chi connectivity index (χ0v) is 10.1. The summed E-state index contributed by atoms with van der Waals surface area (Å²) in [5, 5.41) is 5.64. The molecule has 0 bridgehead atoms. The fourth-order valence-electron chi connectivity index (χ4n) is 2.00. The van der Waals surface area contributed by atoms with Crippen molar-refractivity contribution in [1.29, 1.82) is 0 Å². The van der Waals surface area contributed by atoms with Gasteiger partial charge in [0.25, 0.3) is 5.91 Å². The van der Waals surface area contributed by atoms with Crippen molar-refractivity contribution in [3.05, 3.63) is 66.0 Å². The molecular formula is C15H11FN2O. The topological polar surface area (TPSA) is 32.7 Å². The third-order valence-corrected chi connectivity index (χ3v) is 2.95. The second-order valence-electron chi connectivity index (χ2n) is 4.27. The van der Waals surface area contributed by atoms with Gasteiger partial charge in [0, 0.05) is 0 Å². The Morgan fingerprint density at radius 3 is 2.37 bits per heavy atom. The van der Waals surface area contributed by atoms with Gasteiger partial charge in [0.1, 0.15) is 5.82 Å². The lowest BCUT2D eigenvalue weighted by Crippen LogP contribution is -2.19. The van der Waals surface area contributed by atoms with Gasteiger partial charge in [-0.2, -0.15) is 5.10 Å². The molecular weight excluding hydrogens is 243 g/mol. The molecule has 0 spiro atoms. The van der Waals surface area contributed by atoms with Crippen molar-refractivity contribution in [2.75, 3.05) is 5.01 Å². The van der Waals surface area contributed by atoms with E-state index in [-0.39, 0.29) is 18.1 Å². The van der Waals surface area contributed by atoms with Gasteiger partial charge in [0.15, 0.2) is 0 Å². The predicted octanol–water partition coefficient (Wildman–Crippen LogP) is 2.97. The number of hydrogen-bond acceptors (Lipinski definition) is 2. The number of anilines is 1. The molecule has 0 saturated carbocycles. The van der Waals surface area contributed by atoms with Crippen LogP contribution in [0.1, 0.15) is 12.0 Å². The molecule has 94 valence electrons. The van der Waals surface area contributed by atoms with Crippen LogP contribution in [0.2, 0.25) is 0 Å². The molecule has 3 nitrogen and oxygen atoms in total. The van der Waals surface area contributed by atoms with E-state index in [1.165, 1.54) is 17.1 Å². The molecule has 1 heterocycles. The lowest BCUT2D eigenvalue weighted by Gasteiger charge is -2.10. The van der Waals surface area contributed by atoms with Crippen molar-refractivity contribution in [3.8, 4) is 0 Å². The Morgan fingerprint density at radius 2 is 1.68 bits per heavy atom. The number of hydrogen-bond donors (Lipinski definition) is 0. The fourth-order valence-corrected chi connectivity index (χ4v) is 2.00. The zero-order valence-electron chi connectivity index (χ0n) is 10.1. The Hall–Kier alpha value is -2.49. The SMILES string of the molecule is O=C1CC(c2ccccc2)=NN1c1ccc(F)cc1. The first-order chi connectivity index (χ1) is 9.24. The van der Waals surface area contributed by atoms with Crippen LogP contribution >= 0.6 is 0 Å². The van der Waals surface area contributed by atoms with E-state index < -0.39 is 0 Å². The summed E-state index contributed by atoms with van der Waals surface area (Å²) in [7, 11) is 0. The first-order valence-electron chi connectivity index (χ1n) is 5.95. The van der Waals surface area contributed by atoms with Crippen LogP contribution in [0, 0.1) is 5.82 Å². The molecule has 2 aromatic carbocycles. The Bertz CT molecular complexity index is 635. The average molecular weight is 254 g/mol. The van der Waals surface area contributed by atoms with E-state index in [0.717, 1.165) is 11.3 Å². The van der Waals surface area contributed by atoms with Crippen LogP contribution in [0.5, 0.6) is 0 Å². The number of benzene rings is 2. The number of hydrazone groups is 1. The molecule has 2 aromatic rings. The van der Waals surface area contributed by atoms with Gasteiger partial charge in [0.2, 0.25) is 0 Å². The molecule has 0 unspecified atom stereocenters.